The topological polar surface area (TPSA) is 45.2 Å². The largest absolute Gasteiger partial charge is 0.493 e. The zero-order valence-corrected chi connectivity index (χ0v) is 17.5. The quantitative estimate of drug-likeness (QED) is 0.675. The number of aliphatic hydroxyl groups excluding tert-OH is 1. The molecule has 1 fully saturated rings. The summed E-state index contributed by atoms with van der Waals surface area (Å²) in [4.78, 5) is 4.74. The number of likely N-dealkylation sites (N-methyl/N-ethyl adjacent to an activating group) is 1. The average Bonchev–Trinajstić information content (AvgIpc) is 2.66. The fourth-order valence-corrected chi connectivity index (χ4v) is 3.68. The maximum Gasteiger partial charge on any atom is 0.161 e. The van der Waals surface area contributed by atoms with Gasteiger partial charge in [0.05, 0.1) is 7.11 Å². The minimum atomic E-state index is -0.504. The number of methoxy groups -OCH3 is 1. The molecule has 154 valence electrons. The number of nitrogens with zero attached hydrogens (tertiary/aromatic N) is 2. The van der Waals surface area contributed by atoms with Gasteiger partial charge in [-0.25, -0.2) is 0 Å². The summed E-state index contributed by atoms with van der Waals surface area (Å²) in [6.45, 7) is 10.3. The second-order valence-corrected chi connectivity index (χ2v) is 7.48. The van der Waals surface area contributed by atoms with Gasteiger partial charge in [0.15, 0.2) is 11.5 Å². The van der Waals surface area contributed by atoms with Gasteiger partial charge in [-0.05, 0) is 56.7 Å². The molecule has 1 unspecified atom stereocenters. The smallest absolute Gasteiger partial charge is 0.161 e. The van der Waals surface area contributed by atoms with E-state index in [9.17, 15) is 5.11 Å². The van der Waals surface area contributed by atoms with Gasteiger partial charge in [0, 0.05) is 13.1 Å². The van der Waals surface area contributed by atoms with Crippen LogP contribution in [0.1, 0.15) is 51.5 Å². The van der Waals surface area contributed by atoms with E-state index < -0.39 is 6.10 Å². The van der Waals surface area contributed by atoms with Crippen LogP contribution < -0.4 is 9.47 Å². The Morgan fingerprint density at radius 3 is 2.33 bits per heavy atom. The molecule has 1 aliphatic rings. The van der Waals surface area contributed by atoms with Crippen molar-refractivity contribution in [2.75, 3.05) is 46.4 Å². The first-order valence-electron chi connectivity index (χ1n) is 10.6. The number of hydrogen-bond acceptors (Lipinski definition) is 5. The van der Waals surface area contributed by atoms with E-state index in [4.69, 9.17) is 9.47 Å². The van der Waals surface area contributed by atoms with Crippen molar-refractivity contribution < 1.29 is 14.6 Å². The van der Waals surface area contributed by atoms with Crippen molar-refractivity contribution in [3.05, 3.63) is 23.8 Å². The Morgan fingerprint density at radius 2 is 1.70 bits per heavy atom. The summed E-state index contributed by atoms with van der Waals surface area (Å²) in [6.07, 6.45) is 6.17. The molecular formula is C22H38N2O3. The van der Waals surface area contributed by atoms with E-state index in [1.54, 1.807) is 7.11 Å². The molecule has 1 aromatic rings. The minimum Gasteiger partial charge on any atom is -0.493 e. The van der Waals surface area contributed by atoms with Gasteiger partial charge >= 0.3 is 0 Å². The molecule has 0 bridgehead atoms. The van der Waals surface area contributed by atoms with Crippen LogP contribution in [0.3, 0.4) is 0 Å². The van der Waals surface area contributed by atoms with Crippen LogP contribution in [0.2, 0.25) is 0 Å². The van der Waals surface area contributed by atoms with Crippen molar-refractivity contribution in [3.8, 4) is 11.5 Å². The molecule has 5 nitrogen and oxygen atoms in total. The molecule has 1 N–H and O–H groups in total. The van der Waals surface area contributed by atoms with Crippen LogP contribution in [0.5, 0.6) is 11.5 Å². The fraction of sp³-hybridized carbons (Fsp3) is 0.727. The molecular weight excluding hydrogens is 340 g/mol. The summed E-state index contributed by atoms with van der Waals surface area (Å²) in [6, 6.07) is 6.17. The third-order valence-corrected chi connectivity index (χ3v) is 5.38. The summed E-state index contributed by atoms with van der Waals surface area (Å²) in [5.74, 6) is 1.45. The molecule has 1 atom stereocenters. The molecule has 0 amide bonds. The Balaban J connectivity index is 1.90. The Kier molecular flexibility index (Phi) is 9.95. The number of benzene rings is 1. The molecule has 1 saturated heterocycles. The van der Waals surface area contributed by atoms with E-state index in [0.29, 0.717) is 12.3 Å². The number of likely N-dealkylation sites (tertiary alicyclic amines) is 1. The second kappa shape index (κ2) is 12.2. The van der Waals surface area contributed by atoms with Crippen LogP contribution >= 0.6 is 0 Å². The van der Waals surface area contributed by atoms with Gasteiger partial charge in [-0.1, -0.05) is 39.2 Å². The SMILES string of the molecule is CCN(CC)CC(O)COc1ccc(CN2CCCCCCC2)cc1OC. The highest BCUT2D eigenvalue weighted by Gasteiger charge is 2.14. The van der Waals surface area contributed by atoms with Gasteiger partial charge in [-0.3, -0.25) is 4.90 Å². The van der Waals surface area contributed by atoms with Crippen LogP contribution in [-0.2, 0) is 6.54 Å². The molecule has 0 radical (unpaired) electrons. The lowest BCUT2D eigenvalue weighted by Gasteiger charge is -2.25. The van der Waals surface area contributed by atoms with E-state index >= 15 is 0 Å². The van der Waals surface area contributed by atoms with Crippen molar-refractivity contribution in [1.82, 2.24) is 9.80 Å². The van der Waals surface area contributed by atoms with Crippen LogP contribution in [0.4, 0.5) is 0 Å². The van der Waals surface area contributed by atoms with Gasteiger partial charge in [-0.2, -0.15) is 0 Å². The molecule has 0 spiro atoms. The number of rotatable bonds is 10. The molecule has 0 aromatic heterocycles. The van der Waals surface area contributed by atoms with Gasteiger partial charge in [0.1, 0.15) is 12.7 Å². The summed E-state index contributed by atoms with van der Waals surface area (Å²) in [5.41, 5.74) is 1.25. The number of hydrogen-bond donors (Lipinski definition) is 1. The highest BCUT2D eigenvalue weighted by molar-refractivity contribution is 5.43. The van der Waals surface area contributed by atoms with Crippen molar-refractivity contribution in [3.63, 3.8) is 0 Å². The minimum absolute atomic E-state index is 0.276. The molecule has 27 heavy (non-hydrogen) atoms. The Bertz CT molecular complexity index is 526. The van der Waals surface area contributed by atoms with Crippen molar-refractivity contribution in [2.45, 2.75) is 58.6 Å². The van der Waals surface area contributed by atoms with Gasteiger partial charge in [0.25, 0.3) is 0 Å². The number of aliphatic hydroxyl groups is 1. The molecule has 1 heterocycles. The zero-order valence-electron chi connectivity index (χ0n) is 17.5. The van der Waals surface area contributed by atoms with Crippen LogP contribution in [0.25, 0.3) is 0 Å². The monoisotopic (exact) mass is 378 g/mol. The molecule has 2 rings (SSSR count). The number of ether oxygens (including phenoxy) is 2. The maximum absolute atomic E-state index is 10.2. The summed E-state index contributed by atoms with van der Waals surface area (Å²) >= 11 is 0. The molecule has 1 aliphatic heterocycles. The molecule has 1 aromatic carbocycles. The van der Waals surface area contributed by atoms with Crippen molar-refractivity contribution >= 4 is 0 Å². The van der Waals surface area contributed by atoms with E-state index in [-0.39, 0.29) is 6.61 Å². The predicted molar refractivity (Wildman–Crippen MR) is 111 cm³/mol. The molecule has 5 heteroatoms. The fourth-order valence-electron chi connectivity index (χ4n) is 3.68. The van der Waals surface area contributed by atoms with Crippen LogP contribution in [0.15, 0.2) is 18.2 Å². The molecule has 0 aliphatic carbocycles. The first kappa shape index (κ1) is 22.0. The van der Waals surface area contributed by atoms with Gasteiger partial charge < -0.3 is 19.5 Å². The second-order valence-electron chi connectivity index (χ2n) is 7.48. The highest BCUT2D eigenvalue weighted by atomic mass is 16.5. The van der Waals surface area contributed by atoms with E-state index in [0.717, 1.165) is 25.4 Å². The standard InChI is InChI=1S/C22H38N2O3/c1-4-23(5-2)17-20(25)18-27-21-12-11-19(15-22(21)26-3)16-24-13-9-7-6-8-10-14-24/h11-12,15,20,25H,4-10,13-14,16-18H2,1-3H3. The summed E-state index contributed by atoms with van der Waals surface area (Å²) in [7, 11) is 1.68. The predicted octanol–water partition coefficient (Wildman–Crippen LogP) is 3.54. The normalized spacial score (nSPS) is 17.4. The van der Waals surface area contributed by atoms with E-state index in [2.05, 4.69) is 35.8 Å². The van der Waals surface area contributed by atoms with Crippen molar-refractivity contribution in [2.24, 2.45) is 0 Å². The lowest BCUT2D eigenvalue weighted by atomic mass is 10.1. The van der Waals surface area contributed by atoms with Gasteiger partial charge in [0.2, 0.25) is 0 Å². The highest BCUT2D eigenvalue weighted by Crippen LogP contribution is 2.29. The average molecular weight is 379 g/mol. The van der Waals surface area contributed by atoms with Crippen LogP contribution in [-0.4, -0.2) is 67.5 Å². The lowest BCUT2D eigenvalue weighted by Crippen LogP contribution is -2.35. The first-order valence-corrected chi connectivity index (χ1v) is 10.6. The summed E-state index contributed by atoms with van der Waals surface area (Å²) < 4.78 is 11.4. The Labute approximate surface area is 165 Å². The van der Waals surface area contributed by atoms with Crippen LogP contribution in [0, 0.1) is 0 Å². The third kappa shape index (κ3) is 7.68. The Morgan fingerprint density at radius 1 is 1.04 bits per heavy atom. The third-order valence-electron chi connectivity index (χ3n) is 5.38. The summed E-state index contributed by atoms with van der Waals surface area (Å²) in [5, 5.41) is 10.2. The van der Waals surface area contributed by atoms with Gasteiger partial charge in [-0.15, -0.1) is 0 Å². The maximum atomic E-state index is 10.2. The zero-order chi connectivity index (χ0) is 19.5. The first-order chi connectivity index (χ1) is 13.2. The van der Waals surface area contributed by atoms with Crippen molar-refractivity contribution in [1.29, 1.82) is 0 Å². The van der Waals surface area contributed by atoms with E-state index in [1.165, 1.54) is 50.8 Å². The van der Waals surface area contributed by atoms with E-state index in [1.807, 2.05) is 6.07 Å². The Hall–Kier alpha value is -1.30. The lowest BCUT2D eigenvalue weighted by molar-refractivity contribution is 0.0705. The molecule has 0 saturated carbocycles.